The Morgan fingerprint density at radius 3 is 2.45 bits per heavy atom. The summed E-state index contributed by atoms with van der Waals surface area (Å²) in [4.78, 5) is 0. The van der Waals surface area contributed by atoms with Crippen molar-refractivity contribution in [2.24, 2.45) is 0 Å². The van der Waals surface area contributed by atoms with Crippen LogP contribution in [0.1, 0.15) is 29.9 Å². The summed E-state index contributed by atoms with van der Waals surface area (Å²) in [6.45, 7) is 2.17. The molecular formula is C18H19NO. The van der Waals surface area contributed by atoms with Crippen molar-refractivity contribution in [3.05, 3.63) is 71.5 Å². The third-order valence-electron chi connectivity index (χ3n) is 3.74. The van der Waals surface area contributed by atoms with Gasteiger partial charge in [0, 0.05) is 5.39 Å². The first-order valence-electron chi connectivity index (χ1n) is 7.06. The van der Waals surface area contributed by atoms with Gasteiger partial charge in [0.25, 0.3) is 0 Å². The number of furan rings is 1. The van der Waals surface area contributed by atoms with Gasteiger partial charge in [-0.15, -0.1) is 0 Å². The van der Waals surface area contributed by atoms with E-state index >= 15 is 0 Å². The van der Waals surface area contributed by atoms with Gasteiger partial charge in [-0.1, -0.05) is 49.4 Å². The normalized spacial score (nSPS) is 12.7. The molecule has 102 valence electrons. The van der Waals surface area contributed by atoms with Crippen LogP contribution in [-0.4, -0.2) is 7.05 Å². The standard InChI is InChI=1S/C18H19NO/c1-3-13-8-10-14(11-9-13)18(19-2)17-12-15-6-4-5-7-16(15)20-17/h4-12,18-19H,3H2,1-2H3. The Labute approximate surface area is 119 Å². The summed E-state index contributed by atoms with van der Waals surface area (Å²) in [5, 5.41) is 4.49. The van der Waals surface area contributed by atoms with E-state index in [9.17, 15) is 0 Å². The fraction of sp³-hybridized carbons (Fsp3) is 0.222. The van der Waals surface area contributed by atoms with Crippen molar-refractivity contribution in [2.45, 2.75) is 19.4 Å². The zero-order chi connectivity index (χ0) is 13.9. The average Bonchev–Trinajstić information content (AvgIpc) is 2.92. The van der Waals surface area contributed by atoms with Crippen LogP contribution in [0.3, 0.4) is 0 Å². The third-order valence-corrected chi connectivity index (χ3v) is 3.74. The predicted octanol–water partition coefficient (Wildman–Crippen LogP) is 4.30. The molecule has 3 aromatic rings. The molecule has 0 bridgehead atoms. The van der Waals surface area contributed by atoms with Gasteiger partial charge in [0.15, 0.2) is 0 Å². The van der Waals surface area contributed by atoms with Gasteiger partial charge in [-0.25, -0.2) is 0 Å². The minimum atomic E-state index is 0.0910. The first kappa shape index (κ1) is 12.9. The lowest BCUT2D eigenvalue weighted by atomic mass is 10.0. The molecule has 1 aromatic heterocycles. The Morgan fingerprint density at radius 2 is 1.80 bits per heavy atom. The topological polar surface area (TPSA) is 25.2 Å². The highest BCUT2D eigenvalue weighted by atomic mass is 16.3. The van der Waals surface area contributed by atoms with E-state index < -0.39 is 0 Å². The van der Waals surface area contributed by atoms with Gasteiger partial charge in [0.2, 0.25) is 0 Å². The smallest absolute Gasteiger partial charge is 0.134 e. The SMILES string of the molecule is CCc1ccc(C(NC)c2cc3ccccc3o2)cc1. The maximum absolute atomic E-state index is 5.97. The minimum Gasteiger partial charge on any atom is -0.459 e. The second-order valence-electron chi connectivity index (χ2n) is 5.00. The molecule has 2 nitrogen and oxygen atoms in total. The average molecular weight is 265 g/mol. The van der Waals surface area contributed by atoms with Crippen LogP contribution in [0, 0.1) is 0 Å². The van der Waals surface area contributed by atoms with Crippen LogP contribution < -0.4 is 5.32 Å². The van der Waals surface area contributed by atoms with Crippen LogP contribution in [0.4, 0.5) is 0 Å². The lowest BCUT2D eigenvalue weighted by molar-refractivity contribution is 0.491. The van der Waals surface area contributed by atoms with Crippen LogP contribution in [-0.2, 0) is 6.42 Å². The number of benzene rings is 2. The number of aryl methyl sites for hydroxylation is 1. The van der Waals surface area contributed by atoms with Crippen molar-refractivity contribution in [3.63, 3.8) is 0 Å². The van der Waals surface area contributed by atoms with Crippen LogP contribution in [0.5, 0.6) is 0 Å². The van der Waals surface area contributed by atoms with Crippen molar-refractivity contribution in [1.29, 1.82) is 0 Å². The lowest BCUT2D eigenvalue weighted by Crippen LogP contribution is -2.16. The molecule has 0 aliphatic heterocycles. The van der Waals surface area contributed by atoms with E-state index in [1.54, 1.807) is 0 Å². The fourth-order valence-corrected chi connectivity index (χ4v) is 2.56. The molecule has 2 heteroatoms. The predicted molar refractivity (Wildman–Crippen MR) is 82.9 cm³/mol. The van der Waals surface area contributed by atoms with Gasteiger partial charge in [-0.05, 0) is 36.7 Å². The summed E-state index contributed by atoms with van der Waals surface area (Å²) in [6.07, 6.45) is 1.06. The summed E-state index contributed by atoms with van der Waals surface area (Å²) in [7, 11) is 1.96. The van der Waals surface area contributed by atoms with E-state index in [1.807, 2.05) is 25.2 Å². The molecule has 0 fully saturated rings. The number of para-hydroxylation sites is 1. The number of nitrogens with one attached hydrogen (secondary N) is 1. The Balaban J connectivity index is 1.99. The summed E-state index contributed by atoms with van der Waals surface area (Å²) in [6, 6.07) is 19.0. The number of fused-ring (bicyclic) bond motifs is 1. The summed E-state index contributed by atoms with van der Waals surface area (Å²) >= 11 is 0. The van der Waals surface area contributed by atoms with Crippen molar-refractivity contribution < 1.29 is 4.42 Å². The molecule has 0 aliphatic carbocycles. The molecule has 0 saturated heterocycles. The van der Waals surface area contributed by atoms with Crippen molar-refractivity contribution >= 4 is 11.0 Å². The highest BCUT2D eigenvalue weighted by Crippen LogP contribution is 2.28. The monoisotopic (exact) mass is 265 g/mol. The largest absolute Gasteiger partial charge is 0.459 e. The van der Waals surface area contributed by atoms with Crippen LogP contribution in [0.15, 0.2) is 59.0 Å². The molecule has 0 spiro atoms. The molecular weight excluding hydrogens is 246 g/mol. The van der Waals surface area contributed by atoms with Gasteiger partial charge in [-0.2, -0.15) is 0 Å². The Kier molecular flexibility index (Phi) is 3.57. The second-order valence-corrected chi connectivity index (χ2v) is 5.00. The second kappa shape index (κ2) is 5.51. The first-order valence-corrected chi connectivity index (χ1v) is 7.06. The van der Waals surface area contributed by atoms with Gasteiger partial charge >= 0.3 is 0 Å². The number of rotatable bonds is 4. The van der Waals surface area contributed by atoms with Gasteiger partial charge < -0.3 is 9.73 Å². The van der Waals surface area contributed by atoms with Gasteiger partial charge in [0.05, 0.1) is 6.04 Å². The van der Waals surface area contributed by atoms with E-state index in [4.69, 9.17) is 4.42 Å². The zero-order valence-electron chi connectivity index (χ0n) is 11.9. The van der Waals surface area contributed by atoms with Gasteiger partial charge in [0.1, 0.15) is 11.3 Å². The molecule has 3 rings (SSSR count). The van der Waals surface area contributed by atoms with E-state index in [0.29, 0.717) is 0 Å². The van der Waals surface area contributed by atoms with E-state index in [2.05, 4.69) is 48.6 Å². The van der Waals surface area contributed by atoms with E-state index in [0.717, 1.165) is 23.2 Å². The highest BCUT2D eigenvalue weighted by Gasteiger charge is 2.16. The molecule has 20 heavy (non-hydrogen) atoms. The summed E-state index contributed by atoms with van der Waals surface area (Å²) < 4.78 is 5.97. The van der Waals surface area contributed by atoms with Gasteiger partial charge in [-0.3, -0.25) is 0 Å². The van der Waals surface area contributed by atoms with Crippen LogP contribution in [0.2, 0.25) is 0 Å². The lowest BCUT2D eigenvalue weighted by Gasteiger charge is -2.14. The zero-order valence-corrected chi connectivity index (χ0v) is 11.9. The molecule has 2 aromatic carbocycles. The van der Waals surface area contributed by atoms with Crippen molar-refractivity contribution in [2.75, 3.05) is 7.05 Å². The van der Waals surface area contributed by atoms with E-state index in [-0.39, 0.29) is 6.04 Å². The van der Waals surface area contributed by atoms with Crippen LogP contribution in [0.25, 0.3) is 11.0 Å². The maximum Gasteiger partial charge on any atom is 0.134 e. The first-order chi connectivity index (χ1) is 9.81. The highest BCUT2D eigenvalue weighted by molar-refractivity contribution is 5.77. The molecule has 0 aliphatic rings. The van der Waals surface area contributed by atoms with Crippen molar-refractivity contribution in [1.82, 2.24) is 5.32 Å². The molecule has 0 saturated carbocycles. The number of hydrogen-bond donors (Lipinski definition) is 1. The quantitative estimate of drug-likeness (QED) is 0.760. The fourth-order valence-electron chi connectivity index (χ4n) is 2.56. The Hall–Kier alpha value is -2.06. The molecule has 1 N–H and O–H groups in total. The third kappa shape index (κ3) is 2.35. The maximum atomic E-state index is 5.97. The summed E-state index contributed by atoms with van der Waals surface area (Å²) in [5.41, 5.74) is 3.52. The molecule has 1 heterocycles. The van der Waals surface area contributed by atoms with Crippen molar-refractivity contribution in [3.8, 4) is 0 Å². The Bertz CT molecular complexity index is 664. The molecule has 0 amide bonds. The Morgan fingerprint density at radius 1 is 1.05 bits per heavy atom. The molecule has 0 radical (unpaired) electrons. The molecule has 1 atom stereocenters. The minimum absolute atomic E-state index is 0.0910. The molecule has 1 unspecified atom stereocenters. The van der Waals surface area contributed by atoms with E-state index in [1.165, 1.54) is 11.1 Å². The number of hydrogen-bond acceptors (Lipinski definition) is 2. The van der Waals surface area contributed by atoms with Crippen LogP contribution >= 0.6 is 0 Å². The summed E-state index contributed by atoms with van der Waals surface area (Å²) in [5.74, 6) is 0.956.